The number of methoxy groups -OCH3 is 2. The molecule has 5 nitrogen and oxygen atoms in total. The van der Waals surface area contributed by atoms with Crippen molar-refractivity contribution in [3.05, 3.63) is 47.7 Å². The van der Waals surface area contributed by atoms with Crippen LogP contribution in [0, 0.1) is 0 Å². The third kappa shape index (κ3) is 3.86. The molecule has 0 amide bonds. The summed E-state index contributed by atoms with van der Waals surface area (Å²) in [5.74, 6) is 1.79. The van der Waals surface area contributed by atoms with Crippen LogP contribution in [-0.2, 0) is 12.8 Å². The molecule has 0 aliphatic heterocycles. The van der Waals surface area contributed by atoms with Crippen LogP contribution >= 0.6 is 0 Å². The molecule has 5 heteroatoms. The average Bonchev–Trinajstić information content (AvgIpc) is 2.49. The maximum absolute atomic E-state index is 10.2. The quantitative estimate of drug-likeness (QED) is 0.848. The Morgan fingerprint density at radius 1 is 1.14 bits per heavy atom. The van der Waals surface area contributed by atoms with Crippen LogP contribution in [-0.4, -0.2) is 30.4 Å². The van der Waals surface area contributed by atoms with Gasteiger partial charge in [0.15, 0.2) is 11.5 Å². The number of ether oxygens (including phenoxy) is 2. The third-order valence-electron chi connectivity index (χ3n) is 3.30. The molecule has 0 fully saturated rings. The Morgan fingerprint density at radius 2 is 1.90 bits per heavy atom. The van der Waals surface area contributed by atoms with E-state index in [1.807, 2.05) is 30.3 Å². The van der Waals surface area contributed by atoms with Crippen LogP contribution in [0.25, 0.3) is 0 Å². The first-order chi connectivity index (χ1) is 10.1. The van der Waals surface area contributed by atoms with Gasteiger partial charge in [-0.05, 0) is 35.7 Å². The van der Waals surface area contributed by atoms with Gasteiger partial charge in [0.25, 0.3) is 0 Å². The topological polar surface area (TPSA) is 77.6 Å². The van der Waals surface area contributed by atoms with Crippen LogP contribution in [0.4, 0.5) is 5.82 Å². The molecule has 1 unspecified atom stereocenters. The van der Waals surface area contributed by atoms with Crippen molar-refractivity contribution in [3.63, 3.8) is 0 Å². The molecule has 0 aliphatic rings. The number of rotatable bonds is 6. The molecule has 21 heavy (non-hydrogen) atoms. The second-order valence-electron chi connectivity index (χ2n) is 4.80. The van der Waals surface area contributed by atoms with Gasteiger partial charge in [-0.1, -0.05) is 12.1 Å². The number of nitrogens with two attached hydrogens (primary N) is 1. The lowest BCUT2D eigenvalue weighted by Crippen LogP contribution is -2.15. The van der Waals surface area contributed by atoms with E-state index in [9.17, 15) is 5.11 Å². The summed E-state index contributed by atoms with van der Waals surface area (Å²) in [4.78, 5) is 4.02. The molecule has 1 atom stereocenters. The highest BCUT2D eigenvalue weighted by atomic mass is 16.5. The lowest BCUT2D eigenvalue weighted by Gasteiger charge is -2.14. The molecule has 3 N–H and O–H groups in total. The van der Waals surface area contributed by atoms with Crippen LogP contribution < -0.4 is 15.2 Å². The van der Waals surface area contributed by atoms with E-state index < -0.39 is 6.10 Å². The molecular formula is C16H20N2O3. The second kappa shape index (κ2) is 6.95. The molecule has 1 heterocycles. The lowest BCUT2D eigenvalue weighted by atomic mass is 10.0. The van der Waals surface area contributed by atoms with Crippen LogP contribution in [0.3, 0.4) is 0 Å². The van der Waals surface area contributed by atoms with E-state index in [2.05, 4.69) is 4.98 Å². The van der Waals surface area contributed by atoms with Gasteiger partial charge < -0.3 is 20.3 Å². The Labute approximate surface area is 124 Å². The van der Waals surface area contributed by atoms with Crippen molar-refractivity contribution >= 4 is 5.82 Å². The van der Waals surface area contributed by atoms with Crippen LogP contribution in [0.1, 0.15) is 11.1 Å². The summed E-state index contributed by atoms with van der Waals surface area (Å²) in [5, 5.41) is 10.2. The Morgan fingerprint density at radius 3 is 2.57 bits per heavy atom. The predicted octanol–water partition coefficient (Wildman–Crippen LogP) is 1.83. The van der Waals surface area contributed by atoms with E-state index in [0.29, 0.717) is 30.2 Å². The summed E-state index contributed by atoms with van der Waals surface area (Å²) in [5.41, 5.74) is 7.61. The minimum absolute atomic E-state index is 0.462. The highest BCUT2D eigenvalue weighted by Crippen LogP contribution is 2.28. The molecule has 0 aliphatic carbocycles. The molecule has 1 aromatic heterocycles. The summed E-state index contributed by atoms with van der Waals surface area (Å²) in [6.45, 7) is 0. The average molecular weight is 288 g/mol. The Balaban J connectivity index is 2.06. The van der Waals surface area contributed by atoms with Crippen molar-refractivity contribution < 1.29 is 14.6 Å². The van der Waals surface area contributed by atoms with Gasteiger partial charge in [0, 0.05) is 12.6 Å². The van der Waals surface area contributed by atoms with Crippen molar-refractivity contribution in [1.29, 1.82) is 0 Å². The number of pyridine rings is 1. The van der Waals surface area contributed by atoms with Gasteiger partial charge in [-0.2, -0.15) is 0 Å². The fourth-order valence-electron chi connectivity index (χ4n) is 2.23. The van der Waals surface area contributed by atoms with Gasteiger partial charge in [0.05, 0.1) is 20.3 Å². The zero-order chi connectivity index (χ0) is 15.2. The van der Waals surface area contributed by atoms with Crippen molar-refractivity contribution in [2.75, 3.05) is 20.0 Å². The Kier molecular flexibility index (Phi) is 5.00. The van der Waals surface area contributed by atoms with Gasteiger partial charge in [-0.3, -0.25) is 0 Å². The number of hydrogen-bond donors (Lipinski definition) is 2. The number of aliphatic hydroxyl groups is 1. The van der Waals surface area contributed by atoms with Crippen molar-refractivity contribution in [1.82, 2.24) is 4.98 Å². The van der Waals surface area contributed by atoms with Crippen LogP contribution in [0.2, 0.25) is 0 Å². The molecule has 0 spiro atoms. The molecule has 1 aromatic carbocycles. The van der Waals surface area contributed by atoms with Gasteiger partial charge in [0.2, 0.25) is 0 Å². The van der Waals surface area contributed by atoms with Gasteiger partial charge in [0.1, 0.15) is 5.82 Å². The largest absolute Gasteiger partial charge is 0.493 e. The first-order valence-corrected chi connectivity index (χ1v) is 6.72. The molecule has 2 aromatic rings. The number of hydrogen-bond acceptors (Lipinski definition) is 5. The summed E-state index contributed by atoms with van der Waals surface area (Å²) < 4.78 is 10.5. The van der Waals surface area contributed by atoms with E-state index in [4.69, 9.17) is 15.2 Å². The summed E-state index contributed by atoms with van der Waals surface area (Å²) in [7, 11) is 3.19. The van der Waals surface area contributed by atoms with Crippen LogP contribution in [0.15, 0.2) is 36.5 Å². The third-order valence-corrected chi connectivity index (χ3v) is 3.30. The van der Waals surface area contributed by atoms with Crippen LogP contribution in [0.5, 0.6) is 11.5 Å². The predicted molar refractivity (Wildman–Crippen MR) is 81.6 cm³/mol. The molecule has 112 valence electrons. The van der Waals surface area contributed by atoms with E-state index in [1.165, 1.54) is 0 Å². The van der Waals surface area contributed by atoms with E-state index in [-0.39, 0.29) is 0 Å². The Hall–Kier alpha value is -2.27. The van der Waals surface area contributed by atoms with E-state index >= 15 is 0 Å². The molecule has 0 radical (unpaired) electrons. The maximum Gasteiger partial charge on any atom is 0.160 e. The number of benzene rings is 1. The van der Waals surface area contributed by atoms with Crippen molar-refractivity contribution in [2.24, 2.45) is 0 Å². The first kappa shape index (κ1) is 15.1. The first-order valence-electron chi connectivity index (χ1n) is 6.72. The molecule has 2 rings (SSSR count). The minimum atomic E-state index is -0.533. The van der Waals surface area contributed by atoms with E-state index in [0.717, 1.165) is 11.1 Å². The smallest absolute Gasteiger partial charge is 0.160 e. The standard InChI is InChI=1S/C16H20N2O3/c1-20-14-6-5-11(9-15(14)21-2)8-13(19)10-12-4-3-7-18-16(12)17/h3-7,9,13,19H,8,10H2,1-2H3,(H2,17,18). The number of aromatic nitrogens is 1. The number of nitrogens with zero attached hydrogens (tertiary/aromatic N) is 1. The van der Waals surface area contributed by atoms with Crippen molar-refractivity contribution in [2.45, 2.75) is 18.9 Å². The monoisotopic (exact) mass is 288 g/mol. The van der Waals surface area contributed by atoms with Gasteiger partial charge >= 0.3 is 0 Å². The fraction of sp³-hybridized carbons (Fsp3) is 0.312. The normalized spacial score (nSPS) is 12.0. The minimum Gasteiger partial charge on any atom is -0.493 e. The molecule has 0 saturated carbocycles. The molecule has 0 saturated heterocycles. The lowest BCUT2D eigenvalue weighted by molar-refractivity contribution is 0.175. The van der Waals surface area contributed by atoms with Gasteiger partial charge in [-0.25, -0.2) is 4.98 Å². The number of nitrogen functional groups attached to an aromatic ring is 1. The summed E-state index contributed by atoms with van der Waals surface area (Å²) >= 11 is 0. The summed E-state index contributed by atoms with van der Waals surface area (Å²) in [6.07, 6.45) is 2.08. The zero-order valence-corrected chi connectivity index (χ0v) is 12.2. The summed E-state index contributed by atoms with van der Waals surface area (Å²) in [6, 6.07) is 9.31. The second-order valence-corrected chi connectivity index (χ2v) is 4.80. The SMILES string of the molecule is COc1ccc(CC(O)Cc2cccnc2N)cc1OC. The van der Waals surface area contributed by atoms with Crippen molar-refractivity contribution in [3.8, 4) is 11.5 Å². The zero-order valence-electron chi connectivity index (χ0n) is 12.2. The Bertz CT molecular complexity index is 602. The molecule has 0 bridgehead atoms. The number of aliphatic hydroxyl groups excluding tert-OH is 1. The highest BCUT2D eigenvalue weighted by molar-refractivity contribution is 5.43. The fourth-order valence-corrected chi connectivity index (χ4v) is 2.23. The van der Waals surface area contributed by atoms with E-state index in [1.54, 1.807) is 20.4 Å². The number of anilines is 1. The molecular weight excluding hydrogens is 268 g/mol. The van der Waals surface area contributed by atoms with Gasteiger partial charge in [-0.15, -0.1) is 0 Å². The maximum atomic E-state index is 10.2. The highest BCUT2D eigenvalue weighted by Gasteiger charge is 2.11.